The molecule has 0 aliphatic rings. The first kappa shape index (κ1) is 15.7. The topological polar surface area (TPSA) is 92.2 Å². The maximum Gasteiger partial charge on any atom is 0.335 e. The number of hydrogen-bond donors (Lipinski definition) is 2. The van der Waals surface area contributed by atoms with E-state index in [9.17, 15) is 9.59 Å². The molecule has 0 bridgehead atoms. The van der Waals surface area contributed by atoms with Crippen molar-refractivity contribution in [3.63, 3.8) is 0 Å². The number of carbonyl (C=O) groups is 2. The summed E-state index contributed by atoms with van der Waals surface area (Å²) in [6, 6.07) is 2.44. The Bertz CT molecular complexity index is 695. The van der Waals surface area contributed by atoms with E-state index in [2.05, 4.69) is 14.9 Å². The van der Waals surface area contributed by atoms with Crippen LogP contribution in [0.1, 0.15) is 32.6 Å². The molecular weight excluding hydrogens is 337 g/mol. The summed E-state index contributed by atoms with van der Waals surface area (Å²) in [5.41, 5.74) is 0.674. The lowest BCUT2D eigenvalue weighted by atomic mass is 10.2. The first-order valence-electron chi connectivity index (χ1n) is 5.79. The molecule has 1 aromatic heterocycles. The van der Waals surface area contributed by atoms with Crippen molar-refractivity contribution in [1.29, 1.82) is 0 Å². The van der Waals surface area contributed by atoms with Crippen LogP contribution in [0.25, 0.3) is 0 Å². The van der Waals surface area contributed by atoms with Gasteiger partial charge in [0.2, 0.25) is 0 Å². The van der Waals surface area contributed by atoms with Crippen molar-refractivity contribution in [3.05, 3.63) is 38.3 Å². The summed E-state index contributed by atoms with van der Waals surface area (Å²) >= 11 is 12.9. The smallest absolute Gasteiger partial charge is 0.335 e. The molecule has 0 aliphatic heterocycles. The number of rotatable bonds is 4. The van der Waals surface area contributed by atoms with E-state index >= 15 is 0 Å². The Morgan fingerprint density at radius 1 is 1.33 bits per heavy atom. The molecule has 0 aliphatic carbocycles. The van der Waals surface area contributed by atoms with Crippen LogP contribution in [0.3, 0.4) is 0 Å². The Labute approximate surface area is 133 Å². The van der Waals surface area contributed by atoms with Gasteiger partial charge in [-0.25, -0.2) is 4.79 Å². The minimum absolute atomic E-state index is 0.0452. The van der Waals surface area contributed by atoms with Crippen LogP contribution in [0.5, 0.6) is 0 Å². The van der Waals surface area contributed by atoms with E-state index < -0.39 is 11.9 Å². The molecule has 0 radical (unpaired) electrons. The Kier molecular flexibility index (Phi) is 4.76. The highest BCUT2D eigenvalue weighted by Gasteiger charge is 2.19. The van der Waals surface area contributed by atoms with Crippen molar-refractivity contribution in [1.82, 2.24) is 9.59 Å². The van der Waals surface area contributed by atoms with Gasteiger partial charge >= 0.3 is 5.97 Å². The van der Waals surface area contributed by atoms with E-state index in [1.807, 2.05) is 6.92 Å². The summed E-state index contributed by atoms with van der Waals surface area (Å²) in [5, 5.41) is 15.4. The minimum Gasteiger partial charge on any atom is -0.478 e. The summed E-state index contributed by atoms with van der Waals surface area (Å²) in [6.07, 6.45) is 0.568. The molecule has 2 aromatic rings. The van der Waals surface area contributed by atoms with Gasteiger partial charge in [0.25, 0.3) is 5.91 Å². The van der Waals surface area contributed by atoms with E-state index in [1.54, 1.807) is 0 Å². The number of aromatic carboxylic acids is 1. The van der Waals surface area contributed by atoms with Crippen LogP contribution < -0.4 is 5.32 Å². The number of carboxylic acid groups (broad SMARTS) is 1. The second-order valence-corrected chi connectivity index (χ2v) is 5.54. The monoisotopic (exact) mass is 345 g/mol. The molecule has 0 spiro atoms. The van der Waals surface area contributed by atoms with E-state index in [1.165, 1.54) is 12.1 Å². The molecule has 21 heavy (non-hydrogen) atoms. The first-order chi connectivity index (χ1) is 9.93. The van der Waals surface area contributed by atoms with Gasteiger partial charge < -0.3 is 10.4 Å². The third kappa shape index (κ3) is 3.31. The van der Waals surface area contributed by atoms with Crippen molar-refractivity contribution in [3.8, 4) is 0 Å². The lowest BCUT2D eigenvalue weighted by molar-refractivity contribution is 0.0696. The summed E-state index contributed by atoms with van der Waals surface area (Å²) in [7, 11) is 0. The van der Waals surface area contributed by atoms with Crippen LogP contribution in [-0.2, 0) is 6.42 Å². The van der Waals surface area contributed by atoms with Gasteiger partial charge in [0, 0.05) is 0 Å². The van der Waals surface area contributed by atoms with E-state index in [0.29, 0.717) is 17.0 Å². The number of carboxylic acids is 1. The fourth-order valence-electron chi connectivity index (χ4n) is 1.60. The molecular formula is C12H9Cl2N3O3S. The van der Waals surface area contributed by atoms with E-state index in [4.69, 9.17) is 28.3 Å². The molecule has 0 fully saturated rings. The van der Waals surface area contributed by atoms with Gasteiger partial charge in [-0.1, -0.05) is 34.6 Å². The Morgan fingerprint density at radius 3 is 2.48 bits per heavy atom. The predicted octanol–water partition coefficient (Wildman–Crippen LogP) is 3.36. The maximum absolute atomic E-state index is 12.2. The Balaban J connectivity index is 2.32. The summed E-state index contributed by atoms with van der Waals surface area (Å²) in [4.78, 5) is 23.4. The average Bonchev–Trinajstić information content (AvgIpc) is 2.90. The number of benzene rings is 1. The first-order valence-corrected chi connectivity index (χ1v) is 7.31. The van der Waals surface area contributed by atoms with Gasteiger partial charge in [0.05, 0.1) is 27.0 Å². The number of halogens is 2. The lowest BCUT2D eigenvalue weighted by Gasteiger charge is -2.09. The van der Waals surface area contributed by atoms with Crippen LogP contribution in [0.15, 0.2) is 12.1 Å². The molecule has 1 amide bonds. The molecule has 0 atom stereocenters. The zero-order valence-electron chi connectivity index (χ0n) is 10.7. The minimum atomic E-state index is -1.16. The second-order valence-electron chi connectivity index (χ2n) is 3.98. The van der Waals surface area contributed by atoms with Crippen molar-refractivity contribution in [2.24, 2.45) is 0 Å². The van der Waals surface area contributed by atoms with Gasteiger partial charge in [-0.3, -0.25) is 4.79 Å². The Morgan fingerprint density at radius 2 is 1.95 bits per heavy atom. The summed E-state index contributed by atoms with van der Waals surface area (Å²) in [5.74, 6) is -1.59. The van der Waals surface area contributed by atoms with Crippen molar-refractivity contribution in [2.75, 3.05) is 5.32 Å². The van der Waals surface area contributed by atoms with Gasteiger partial charge in [-0.2, -0.15) is 0 Å². The third-order valence-corrected chi connectivity index (χ3v) is 3.99. The van der Waals surface area contributed by atoms with Crippen LogP contribution >= 0.6 is 34.7 Å². The second kappa shape index (κ2) is 6.38. The van der Waals surface area contributed by atoms with Crippen molar-refractivity contribution in [2.45, 2.75) is 13.3 Å². The largest absolute Gasteiger partial charge is 0.478 e. The average molecular weight is 346 g/mol. The SMILES string of the molecule is CCc1nnsc1C(=O)Nc1c(Cl)cc(C(=O)O)cc1Cl. The number of hydrogen-bond acceptors (Lipinski definition) is 5. The molecule has 6 nitrogen and oxygen atoms in total. The molecule has 2 N–H and O–H groups in total. The molecule has 0 unspecified atom stereocenters. The van der Waals surface area contributed by atoms with Gasteiger partial charge in [0.1, 0.15) is 4.88 Å². The van der Waals surface area contributed by atoms with Crippen molar-refractivity contribution >= 4 is 52.3 Å². The molecule has 0 saturated heterocycles. The molecule has 2 rings (SSSR count). The van der Waals surface area contributed by atoms with Gasteiger partial charge in [-0.05, 0) is 30.1 Å². The third-order valence-electron chi connectivity index (χ3n) is 2.62. The summed E-state index contributed by atoms with van der Waals surface area (Å²) in [6.45, 7) is 1.86. The van der Waals surface area contributed by atoms with E-state index in [-0.39, 0.29) is 21.3 Å². The lowest BCUT2D eigenvalue weighted by Crippen LogP contribution is -2.13. The van der Waals surface area contributed by atoms with Crippen LogP contribution in [0, 0.1) is 0 Å². The number of aryl methyl sites for hydroxylation is 1. The molecule has 110 valence electrons. The standard InChI is InChI=1S/C12H9Cl2N3O3S/c1-2-8-10(21-17-16-8)11(18)15-9-6(13)3-5(12(19)20)4-7(9)14/h3-4H,2H2,1H3,(H,15,18)(H,19,20). The predicted molar refractivity (Wildman–Crippen MR) is 80.7 cm³/mol. The number of nitrogens with one attached hydrogen (secondary N) is 1. The molecule has 1 aromatic carbocycles. The highest BCUT2D eigenvalue weighted by molar-refractivity contribution is 7.08. The highest BCUT2D eigenvalue weighted by atomic mass is 35.5. The Hall–Kier alpha value is -1.70. The van der Waals surface area contributed by atoms with Crippen LogP contribution in [-0.4, -0.2) is 26.6 Å². The number of nitrogens with zero attached hydrogens (tertiary/aromatic N) is 2. The fourth-order valence-corrected chi connectivity index (χ4v) is 2.83. The molecule has 1 heterocycles. The van der Waals surface area contributed by atoms with Crippen molar-refractivity contribution < 1.29 is 14.7 Å². The number of aromatic nitrogens is 2. The normalized spacial score (nSPS) is 10.4. The number of carbonyl (C=O) groups excluding carboxylic acids is 1. The molecule has 0 saturated carbocycles. The fraction of sp³-hybridized carbons (Fsp3) is 0.167. The maximum atomic E-state index is 12.2. The number of anilines is 1. The number of amides is 1. The van der Waals surface area contributed by atoms with Crippen LogP contribution in [0.2, 0.25) is 10.0 Å². The quantitative estimate of drug-likeness (QED) is 0.886. The van der Waals surface area contributed by atoms with E-state index in [0.717, 1.165) is 11.5 Å². The zero-order valence-corrected chi connectivity index (χ0v) is 13.0. The van der Waals surface area contributed by atoms with Gasteiger partial charge in [0.15, 0.2) is 0 Å². The zero-order chi connectivity index (χ0) is 15.6. The molecule has 9 heteroatoms. The van der Waals surface area contributed by atoms with Crippen LogP contribution in [0.4, 0.5) is 5.69 Å². The summed E-state index contributed by atoms with van der Waals surface area (Å²) < 4.78 is 3.72. The van der Waals surface area contributed by atoms with Gasteiger partial charge in [-0.15, -0.1) is 5.10 Å². The highest BCUT2D eigenvalue weighted by Crippen LogP contribution is 2.32.